The molecule has 0 atom stereocenters. The fourth-order valence-corrected chi connectivity index (χ4v) is 2.21. The molecular formula is C14H13BrN4O. The number of rotatable bonds is 4. The second-order valence-corrected chi connectivity index (χ2v) is 5.51. The molecule has 102 valence electrons. The highest BCUT2D eigenvalue weighted by Crippen LogP contribution is 2.23. The van der Waals surface area contributed by atoms with Gasteiger partial charge in [0.1, 0.15) is 5.82 Å². The van der Waals surface area contributed by atoms with E-state index in [1.807, 2.05) is 24.3 Å². The maximum absolute atomic E-state index is 12.1. The molecule has 1 fully saturated rings. The van der Waals surface area contributed by atoms with Crippen LogP contribution in [0.4, 0.5) is 11.6 Å². The lowest BCUT2D eigenvalue weighted by Crippen LogP contribution is -2.14. The monoisotopic (exact) mass is 332 g/mol. The molecule has 1 aromatic heterocycles. The van der Waals surface area contributed by atoms with Gasteiger partial charge in [0, 0.05) is 10.5 Å². The predicted octanol–water partition coefficient (Wildman–Crippen LogP) is 3.07. The summed E-state index contributed by atoms with van der Waals surface area (Å²) >= 11 is 3.35. The number of carbonyl (C=O) groups excluding carboxylic acids is 1. The van der Waals surface area contributed by atoms with Crippen molar-refractivity contribution in [3.05, 3.63) is 46.4 Å². The van der Waals surface area contributed by atoms with Crippen LogP contribution >= 0.6 is 15.9 Å². The molecule has 1 aliphatic rings. The van der Waals surface area contributed by atoms with Crippen molar-refractivity contribution in [2.45, 2.75) is 18.9 Å². The van der Waals surface area contributed by atoms with Crippen LogP contribution in [0.2, 0.25) is 0 Å². The molecule has 0 radical (unpaired) electrons. The summed E-state index contributed by atoms with van der Waals surface area (Å²) in [6, 6.07) is 11.3. The fourth-order valence-electron chi connectivity index (χ4n) is 1.74. The first kappa shape index (κ1) is 13.1. The van der Waals surface area contributed by atoms with E-state index in [0.29, 0.717) is 17.4 Å². The summed E-state index contributed by atoms with van der Waals surface area (Å²) in [6.07, 6.45) is 2.37. The van der Waals surface area contributed by atoms with E-state index < -0.39 is 0 Å². The van der Waals surface area contributed by atoms with Gasteiger partial charge in [-0.25, -0.2) is 0 Å². The topological polar surface area (TPSA) is 66.9 Å². The Morgan fingerprint density at radius 1 is 1.10 bits per heavy atom. The van der Waals surface area contributed by atoms with Crippen molar-refractivity contribution in [2.75, 3.05) is 10.6 Å². The second-order valence-electron chi connectivity index (χ2n) is 4.66. The molecule has 1 aromatic carbocycles. The molecule has 1 heterocycles. The summed E-state index contributed by atoms with van der Waals surface area (Å²) in [4.78, 5) is 12.1. The van der Waals surface area contributed by atoms with Gasteiger partial charge in [-0.05, 0) is 53.0 Å². The van der Waals surface area contributed by atoms with Crippen LogP contribution in [0.5, 0.6) is 0 Å². The van der Waals surface area contributed by atoms with Crippen molar-refractivity contribution >= 4 is 33.5 Å². The Kier molecular flexibility index (Phi) is 3.64. The molecule has 0 aliphatic heterocycles. The molecule has 1 aliphatic carbocycles. The lowest BCUT2D eigenvalue weighted by atomic mass is 10.2. The third kappa shape index (κ3) is 3.14. The van der Waals surface area contributed by atoms with Crippen LogP contribution in [0.15, 0.2) is 40.9 Å². The highest BCUT2D eigenvalue weighted by atomic mass is 79.9. The minimum absolute atomic E-state index is 0.213. The molecule has 3 rings (SSSR count). The van der Waals surface area contributed by atoms with E-state index in [0.717, 1.165) is 10.3 Å². The zero-order valence-electron chi connectivity index (χ0n) is 10.6. The van der Waals surface area contributed by atoms with E-state index in [9.17, 15) is 4.79 Å². The highest BCUT2D eigenvalue weighted by Gasteiger charge is 2.21. The van der Waals surface area contributed by atoms with Crippen molar-refractivity contribution in [3.63, 3.8) is 0 Å². The van der Waals surface area contributed by atoms with E-state index in [2.05, 4.69) is 36.8 Å². The van der Waals surface area contributed by atoms with Crippen molar-refractivity contribution < 1.29 is 4.79 Å². The average Bonchev–Trinajstić information content (AvgIpc) is 3.25. The molecule has 0 unspecified atom stereocenters. The molecule has 6 heteroatoms. The number of nitrogens with one attached hydrogen (secondary N) is 2. The molecule has 0 bridgehead atoms. The number of halogens is 1. The lowest BCUT2D eigenvalue weighted by Gasteiger charge is -2.06. The maximum Gasteiger partial charge on any atom is 0.258 e. The Morgan fingerprint density at radius 2 is 1.80 bits per heavy atom. The Labute approximate surface area is 124 Å². The molecule has 2 N–H and O–H groups in total. The van der Waals surface area contributed by atoms with Gasteiger partial charge in [-0.3, -0.25) is 4.79 Å². The van der Waals surface area contributed by atoms with Gasteiger partial charge >= 0.3 is 0 Å². The molecule has 20 heavy (non-hydrogen) atoms. The van der Waals surface area contributed by atoms with E-state index in [4.69, 9.17) is 0 Å². The van der Waals surface area contributed by atoms with E-state index in [-0.39, 0.29) is 5.91 Å². The summed E-state index contributed by atoms with van der Waals surface area (Å²) in [6.45, 7) is 0. The number of amides is 1. The number of nitrogens with zero attached hydrogens (tertiary/aromatic N) is 2. The summed E-state index contributed by atoms with van der Waals surface area (Å²) in [5.74, 6) is 0.966. The van der Waals surface area contributed by atoms with Crippen LogP contribution in [-0.2, 0) is 0 Å². The zero-order chi connectivity index (χ0) is 13.9. The lowest BCUT2D eigenvalue weighted by molar-refractivity contribution is 0.102. The molecule has 1 amide bonds. The van der Waals surface area contributed by atoms with Crippen molar-refractivity contribution in [3.8, 4) is 0 Å². The number of aromatic nitrogens is 2. The van der Waals surface area contributed by atoms with Crippen molar-refractivity contribution in [1.29, 1.82) is 0 Å². The SMILES string of the molecule is O=C(Nc1ccc(NC2CC2)nn1)c1ccccc1Br. The number of hydrogen-bond acceptors (Lipinski definition) is 4. The third-order valence-electron chi connectivity index (χ3n) is 2.95. The van der Waals surface area contributed by atoms with Crippen LogP contribution in [-0.4, -0.2) is 22.1 Å². The van der Waals surface area contributed by atoms with Gasteiger partial charge in [0.25, 0.3) is 5.91 Å². The van der Waals surface area contributed by atoms with Crippen LogP contribution in [0, 0.1) is 0 Å². The van der Waals surface area contributed by atoms with Crippen LogP contribution in [0.1, 0.15) is 23.2 Å². The van der Waals surface area contributed by atoms with E-state index in [1.165, 1.54) is 12.8 Å². The smallest absolute Gasteiger partial charge is 0.258 e. The van der Waals surface area contributed by atoms with Crippen LogP contribution in [0.3, 0.4) is 0 Å². The van der Waals surface area contributed by atoms with Gasteiger partial charge in [0.15, 0.2) is 5.82 Å². The predicted molar refractivity (Wildman–Crippen MR) is 80.8 cm³/mol. The zero-order valence-corrected chi connectivity index (χ0v) is 12.2. The summed E-state index contributed by atoms with van der Waals surface area (Å²) < 4.78 is 0.748. The van der Waals surface area contributed by atoms with E-state index >= 15 is 0 Å². The summed E-state index contributed by atoms with van der Waals surface area (Å²) in [7, 11) is 0. The number of hydrogen-bond donors (Lipinski definition) is 2. The number of anilines is 2. The van der Waals surface area contributed by atoms with Gasteiger partial charge in [-0.15, -0.1) is 10.2 Å². The Hall–Kier alpha value is -1.95. The normalized spacial score (nSPS) is 13.8. The summed E-state index contributed by atoms with van der Waals surface area (Å²) in [5, 5.41) is 14.0. The second kappa shape index (κ2) is 5.58. The Bertz CT molecular complexity index is 625. The van der Waals surface area contributed by atoms with Crippen LogP contribution < -0.4 is 10.6 Å². The number of benzene rings is 1. The van der Waals surface area contributed by atoms with E-state index in [1.54, 1.807) is 12.1 Å². The molecule has 0 saturated heterocycles. The van der Waals surface area contributed by atoms with Crippen molar-refractivity contribution in [2.24, 2.45) is 0 Å². The minimum atomic E-state index is -0.213. The molecular weight excluding hydrogens is 320 g/mol. The van der Waals surface area contributed by atoms with Gasteiger partial charge < -0.3 is 10.6 Å². The molecule has 5 nitrogen and oxygen atoms in total. The highest BCUT2D eigenvalue weighted by molar-refractivity contribution is 9.10. The number of carbonyl (C=O) groups is 1. The van der Waals surface area contributed by atoms with Gasteiger partial charge in [-0.1, -0.05) is 12.1 Å². The first-order valence-electron chi connectivity index (χ1n) is 6.38. The Morgan fingerprint density at radius 3 is 2.45 bits per heavy atom. The maximum atomic E-state index is 12.1. The van der Waals surface area contributed by atoms with Gasteiger partial charge in [-0.2, -0.15) is 0 Å². The Balaban J connectivity index is 1.67. The van der Waals surface area contributed by atoms with Crippen molar-refractivity contribution in [1.82, 2.24) is 10.2 Å². The van der Waals surface area contributed by atoms with Crippen LogP contribution in [0.25, 0.3) is 0 Å². The van der Waals surface area contributed by atoms with Gasteiger partial charge in [0.2, 0.25) is 0 Å². The fraction of sp³-hybridized carbons (Fsp3) is 0.214. The summed E-state index contributed by atoms with van der Waals surface area (Å²) in [5.41, 5.74) is 0.564. The molecule has 1 saturated carbocycles. The average molecular weight is 333 g/mol. The largest absolute Gasteiger partial charge is 0.366 e. The first-order valence-corrected chi connectivity index (χ1v) is 7.18. The quantitative estimate of drug-likeness (QED) is 0.902. The van der Waals surface area contributed by atoms with Gasteiger partial charge in [0.05, 0.1) is 5.56 Å². The standard InChI is InChI=1S/C14H13BrN4O/c15-11-4-2-1-3-10(11)14(20)17-13-8-7-12(18-19-13)16-9-5-6-9/h1-4,7-9H,5-6H2,(H,16,18)(H,17,19,20). The minimum Gasteiger partial charge on any atom is -0.366 e. The molecule has 2 aromatic rings. The molecule has 0 spiro atoms. The first-order chi connectivity index (χ1) is 9.72. The third-order valence-corrected chi connectivity index (χ3v) is 3.65.